The molecule has 0 spiro atoms. The lowest BCUT2D eigenvalue weighted by Gasteiger charge is -2.02. The number of nitrogens with zero attached hydrogens (tertiary/aromatic N) is 4. The van der Waals surface area contributed by atoms with Gasteiger partial charge in [0.2, 0.25) is 5.91 Å². The van der Waals surface area contributed by atoms with E-state index >= 15 is 0 Å². The van der Waals surface area contributed by atoms with E-state index in [1.165, 1.54) is 4.68 Å². The van der Waals surface area contributed by atoms with E-state index in [0.717, 1.165) is 19.4 Å². The van der Waals surface area contributed by atoms with Crippen LogP contribution in [0.25, 0.3) is 0 Å². The van der Waals surface area contributed by atoms with E-state index in [2.05, 4.69) is 20.8 Å². The van der Waals surface area contributed by atoms with Crippen LogP contribution in [0.15, 0.2) is 18.5 Å². The third-order valence-corrected chi connectivity index (χ3v) is 3.53. The van der Waals surface area contributed by atoms with E-state index in [1.807, 2.05) is 6.92 Å². The summed E-state index contributed by atoms with van der Waals surface area (Å²) in [6.45, 7) is 2.70. The number of aromatic nitrogens is 4. The fraction of sp³-hybridized carbons (Fsp3) is 0.429. The van der Waals surface area contributed by atoms with Gasteiger partial charge in [0.25, 0.3) is 5.91 Å². The van der Waals surface area contributed by atoms with Crippen molar-refractivity contribution in [1.82, 2.24) is 19.6 Å². The molecule has 3 rings (SSSR count). The SMILES string of the molecule is CCn1cc(NC(=O)c2cc(NC(=O)C3CC3)n(C)n2)cn1. The molecule has 0 aliphatic heterocycles. The first-order valence-electron chi connectivity index (χ1n) is 7.25. The molecule has 0 radical (unpaired) electrons. The van der Waals surface area contributed by atoms with Crippen molar-refractivity contribution < 1.29 is 9.59 Å². The van der Waals surface area contributed by atoms with Gasteiger partial charge < -0.3 is 10.6 Å². The first-order chi connectivity index (χ1) is 10.6. The molecule has 2 amide bonds. The van der Waals surface area contributed by atoms with Crippen LogP contribution in [-0.2, 0) is 18.4 Å². The van der Waals surface area contributed by atoms with Gasteiger partial charge in [0.15, 0.2) is 5.69 Å². The Kier molecular flexibility index (Phi) is 3.66. The van der Waals surface area contributed by atoms with Crippen molar-refractivity contribution in [3.63, 3.8) is 0 Å². The first-order valence-corrected chi connectivity index (χ1v) is 7.25. The maximum Gasteiger partial charge on any atom is 0.276 e. The lowest BCUT2D eigenvalue weighted by molar-refractivity contribution is -0.117. The molecule has 0 saturated heterocycles. The molecule has 2 aromatic heterocycles. The second-order valence-corrected chi connectivity index (χ2v) is 5.34. The summed E-state index contributed by atoms with van der Waals surface area (Å²) in [5.41, 5.74) is 0.860. The van der Waals surface area contributed by atoms with Crippen LogP contribution in [0.2, 0.25) is 0 Å². The Morgan fingerprint density at radius 1 is 1.36 bits per heavy atom. The van der Waals surface area contributed by atoms with Gasteiger partial charge in [0, 0.05) is 31.8 Å². The van der Waals surface area contributed by atoms with Gasteiger partial charge >= 0.3 is 0 Å². The minimum Gasteiger partial charge on any atom is -0.318 e. The Morgan fingerprint density at radius 2 is 2.14 bits per heavy atom. The smallest absolute Gasteiger partial charge is 0.276 e. The topological polar surface area (TPSA) is 93.8 Å². The molecule has 8 heteroatoms. The first kappa shape index (κ1) is 14.3. The molecule has 0 atom stereocenters. The van der Waals surface area contributed by atoms with E-state index in [0.29, 0.717) is 11.5 Å². The maximum atomic E-state index is 12.2. The standard InChI is InChI=1S/C14H18N6O2/c1-3-20-8-10(7-15-20)16-14(22)11-6-12(19(2)18-11)17-13(21)9-4-5-9/h6-9H,3-5H2,1-2H3,(H,16,22)(H,17,21). The Hall–Kier alpha value is -2.64. The van der Waals surface area contributed by atoms with E-state index in [-0.39, 0.29) is 23.4 Å². The summed E-state index contributed by atoms with van der Waals surface area (Å²) in [5.74, 6) is 0.274. The lowest BCUT2D eigenvalue weighted by atomic mass is 10.3. The Labute approximate surface area is 127 Å². The molecule has 22 heavy (non-hydrogen) atoms. The fourth-order valence-electron chi connectivity index (χ4n) is 2.07. The molecule has 2 N–H and O–H groups in total. The van der Waals surface area contributed by atoms with Crippen LogP contribution in [-0.4, -0.2) is 31.4 Å². The van der Waals surface area contributed by atoms with Crippen LogP contribution in [0.4, 0.5) is 11.5 Å². The molecular weight excluding hydrogens is 284 g/mol. The van der Waals surface area contributed by atoms with Gasteiger partial charge in [-0.15, -0.1) is 0 Å². The summed E-state index contributed by atoms with van der Waals surface area (Å²) in [4.78, 5) is 23.9. The minimum absolute atomic E-state index is 0.0146. The van der Waals surface area contributed by atoms with E-state index < -0.39 is 0 Å². The number of hydrogen-bond acceptors (Lipinski definition) is 4. The van der Waals surface area contributed by atoms with Crippen LogP contribution in [0.1, 0.15) is 30.3 Å². The van der Waals surface area contributed by atoms with E-state index in [4.69, 9.17) is 0 Å². The second-order valence-electron chi connectivity index (χ2n) is 5.34. The lowest BCUT2D eigenvalue weighted by Crippen LogP contribution is -2.15. The largest absolute Gasteiger partial charge is 0.318 e. The van der Waals surface area contributed by atoms with Crippen molar-refractivity contribution in [1.29, 1.82) is 0 Å². The van der Waals surface area contributed by atoms with Gasteiger partial charge in [-0.25, -0.2) is 0 Å². The molecular formula is C14H18N6O2. The number of nitrogens with one attached hydrogen (secondary N) is 2. The number of carbonyl (C=O) groups is 2. The number of aryl methyl sites for hydroxylation is 2. The third kappa shape index (κ3) is 3.00. The van der Waals surface area contributed by atoms with Crippen LogP contribution in [0.5, 0.6) is 0 Å². The molecule has 116 valence electrons. The molecule has 1 aliphatic rings. The minimum atomic E-state index is -0.335. The van der Waals surface area contributed by atoms with Crippen LogP contribution >= 0.6 is 0 Å². The number of anilines is 2. The summed E-state index contributed by atoms with van der Waals surface area (Å²) < 4.78 is 3.21. The molecule has 2 aromatic rings. The van der Waals surface area contributed by atoms with E-state index in [1.54, 1.807) is 30.2 Å². The highest BCUT2D eigenvalue weighted by molar-refractivity contribution is 6.04. The monoisotopic (exact) mass is 302 g/mol. The summed E-state index contributed by atoms with van der Waals surface area (Å²) >= 11 is 0. The van der Waals surface area contributed by atoms with Crippen molar-refractivity contribution in [3.05, 3.63) is 24.2 Å². The molecule has 0 unspecified atom stereocenters. The summed E-state index contributed by atoms with van der Waals surface area (Å²) in [6, 6.07) is 1.57. The predicted octanol–water partition coefficient (Wildman–Crippen LogP) is 1.24. The summed E-state index contributed by atoms with van der Waals surface area (Å²) in [5, 5.41) is 13.7. The highest BCUT2D eigenvalue weighted by atomic mass is 16.2. The number of carbonyl (C=O) groups excluding carboxylic acids is 2. The predicted molar refractivity (Wildman–Crippen MR) is 80.4 cm³/mol. The van der Waals surface area contributed by atoms with Crippen molar-refractivity contribution in [2.75, 3.05) is 10.6 Å². The zero-order valence-corrected chi connectivity index (χ0v) is 12.5. The maximum absolute atomic E-state index is 12.2. The summed E-state index contributed by atoms with van der Waals surface area (Å²) in [7, 11) is 1.69. The van der Waals surface area contributed by atoms with Crippen molar-refractivity contribution in [2.24, 2.45) is 13.0 Å². The van der Waals surface area contributed by atoms with Gasteiger partial charge in [-0.2, -0.15) is 10.2 Å². The molecule has 1 aliphatic carbocycles. The number of hydrogen-bond donors (Lipinski definition) is 2. The zero-order valence-electron chi connectivity index (χ0n) is 12.5. The molecule has 1 saturated carbocycles. The molecule has 0 aromatic carbocycles. The summed E-state index contributed by atoms with van der Waals surface area (Å²) in [6.07, 6.45) is 5.19. The average molecular weight is 302 g/mol. The number of amides is 2. The van der Waals surface area contributed by atoms with Gasteiger partial charge in [-0.05, 0) is 19.8 Å². The van der Waals surface area contributed by atoms with E-state index in [9.17, 15) is 9.59 Å². The third-order valence-electron chi connectivity index (χ3n) is 3.53. The Morgan fingerprint density at radius 3 is 2.77 bits per heavy atom. The zero-order chi connectivity index (χ0) is 15.7. The van der Waals surface area contributed by atoms with Gasteiger partial charge in [-0.1, -0.05) is 0 Å². The van der Waals surface area contributed by atoms with Crippen molar-refractivity contribution >= 4 is 23.3 Å². The quantitative estimate of drug-likeness (QED) is 0.869. The fourth-order valence-corrected chi connectivity index (χ4v) is 2.07. The molecule has 0 bridgehead atoms. The highest BCUT2D eigenvalue weighted by Gasteiger charge is 2.30. The normalized spacial score (nSPS) is 13.9. The Bertz CT molecular complexity index is 713. The Balaban J connectivity index is 1.68. The van der Waals surface area contributed by atoms with Gasteiger partial charge in [0.05, 0.1) is 11.9 Å². The average Bonchev–Trinajstić information content (AvgIpc) is 3.16. The second kappa shape index (κ2) is 5.63. The van der Waals surface area contributed by atoms with Crippen LogP contribution in [0, 0.1) is 5.92 Å². The molecule has 2 heterocycles. The van der Waals surface area contributed by atoms with Crippen molar-refractivity contribution in [2.45, 2.75) is 26.3 Å². The van der Waals surface area contributed by atoms with Crippen LogP contribution in [0.3, 0.4) is 0 Å². The van der Waals surface area contributed by atoms with Gasteiger partial charge in [-0.3, -0.25) is 19.0 Å². The van der Waals surface area contributed by atoms with Crippen LogP contribution < -0.4 is 10.6 Å². The molecule has 8 nitrogen and oxygen atoms in total. The van der Waals surface area contributed by atoms with Gasteiger partial charge in [0.1, 0.15) is 5.82 Å². The highest BCUT2D eigenvalue weighted by Crippen LogP contribution is 2.30. The number of rotatable bonds is 5. The van der Waals surface area contributed by atoms with Crippen molar-refractivity contribution in [3.8, 4) is 0 Å². The molecule has 1 fully saturated rings.